The van der Waals surface area contributed by atoms with E-state index < -0.39 is 5.41 Å². The largest absolute Gasteiger partial charge is 0.350 e. The summed E-state index contributed by atoms with van der Waals surface area (Å²) in [5.41, 5.74) is 0.253. The van der Waals surface area contributed by atoms with Gasteiger partial charge in [-0.1, -0.05) is 31.0 Å². The van der Waals surface area contributed by atoms with Crippen LogP contribution < -0.4 is 5.32 Å². The number of carbonyl (C=O) groups excluding carboxylic acids is 1. The average Bonchev–Trinajstić information content (AvgIpc) is 3.17. The molecule has 1 amide bonds. The van der Waals surface area contributed by atoms with Gasteiger partial charge in [-0.25, -0.2) is 4.39 Å². The van der Waals surface area contributed by atoms with Crippen molar-refractivity contribution in [3.63, 3.8) is 0 Å². The molecule has 1 heterocycles. The van der Waals surface area contributed by atoms with Gasteiger partial charge in [-0.15, -0.1) is 11.3 Å². The Labute approximate surface area is 128 Å². The number of rotatable bonds is 4. The predicted molar refractivity (Wildman–Crippen MR) is 82.7 cm³/mol. The molecule has 0 aliphatic heterocycles. The van der Waals surface area contributed by atoms with Gasteiger partial charge >= 0.3 is 0 Å². The van der Waals surface area contributed by atoms with Gasteiger partial charge in [0, 0.05) is 4.88 Å². The minimum atomic E-state index is -0.556. The van der Waals surface area contributed by atoms with Crippen LogP contribution in [0.2, 0.25) is 0 Å². The number of nitrogens with one attached hydrogen (secondary N) is 1. The number of benzene rings is 1. The Kier molecular flexibility index (Phi) is 4.06. The summed E-state index contributed by atoms with van der Waals surface area (Å²) in [6.45, 7) is 0.549. The van der Waals surface area contributed by atoms with E-state index in [0.29, 0.717) is 6.54 Å². The Morgan fingerprint density at radius 1 is 1.24 bits per heavy atom. The maximum Gasteiger partial charge on any atom is 0.230 e. The highest BCUT2D eigenvalue weighted by Crippen LogP contribution is 2.41. The summed E-state index contributed by atoms with van der Waals surface area (Å²) in [5.74, 6) is -0.246. The number of thiophene rings is 1. The van der Waals surface area contributed by atoms with E-state index in [2.05, 4.69) is 5.32 Å². The van der Waals surface area contributed by atoms with Crippen LogP contribution in [0.25, 0.3) is 0 Å². The number of halogens is 1. The quantitative estimate of drug-likeness (QED) is 0.908. The highest BCUT2D eigenvalue weighted by Gasteiger charge is 2.42. The molecule has 1 aromatic carbocycles. The molecule has 0 saturated heterocycles. The Bertz CT molecular complexity index is 617. The first kappa shape index (κ1) is 14.3. The van der Waals surface area contributed by atoms with E-state index in [1.54, 1.807) is 17.4 Å². The van der Waals surface area contributed by atoms with E-state index in [-0.39, 0.29) is 11.7 Å². The molecule has 0 radical (unpaired) electrons. The SMILES string of the molecule is O=C(NCc1cccs1)C1(c2cccc(F)c2)CCCC1. The molecule has 1 aromatic heterocycles. The van der Waals surface area contributed by atoms with Crippen LogP contribution in [0.3, 0.4) is 0 Å². The summed E-state index contributed by atoms with van der Waals surface area (Å²) in [5, 5.41) is 5.03. The Balaban J connectivity index is 1.81. The summed E-state index contributed by atoms with van der Waals surface area (Å²) in [7, 11) is 0. The molecule has 2 nitrogen and oxygen atoms in total. The van der Waals surface area contributed by atoms with Crippen molar-refractivity contribution >= 4 is 17.2 Å². The molecule has 1 N–H and O–H groups in total. The van der Waals surface area contributed by atoms with Gasteiger partial charge in [0.2, 0.25) is 5.91 Å². The first-order chi connectivity index (χ1) is 10.2. The molecule has 110 valence electrons. The van der Waals surface area contributed by atoms with Crippen molar-refractivity contribution < 1.29 is 9.18 Å². The van der Waals surface area contributed by atoms with Crippen LogP contribution in [0, 0.1) is 5.82 Å². The fourth-order valence-corrected chi connectivity index (χ4v) is 3.81. The van der Waals surface area contributed by atoms with E-state index in [0.717, 1.165) is 36.1 Å². The van der Waals surface area contributed by atoms with E-state index >= 15 is 0 Å². The first-order valence-electron chi connectivity index (χ1n) is 7.27. The Hall–Kier alpha value is -1.68. The lowest BCUT2D eigenvalue weighted by Gasteiger charge is -2.28. The maximum atomic E-state index is 13.5. The minimum Gasteiger partial charge on any atom is -0.350 e. The highest BCUT2D eigenvalue weighted by atomic mass is 32.1. The number of carbonyl (C=O) groups is 1. The van der Waals surface area contributed by atoms with Gasteiger partial charge in [0.15, 0.2) is 0 Å². The molecule has 1 aliphatic rings. The lowest BCUT2D eigenvalue weighted by atomic mass is 9.78. The maximum absolute atomic E-state index is 13.5. The molecular formula is C17H18FNOS. The molecule has 4 heteroatoms. The second-order valence-electron chi connectivity index (χ2n) is 5.56. The fraction of sp³-hybridized carbons (Fsp3) is 0.353. The lowest BCUT2D eigenvalue weighted by Crippen LogP contribution is -2.42. The molecule has 3 rings (SSSR count). The van der Waals surface area contributed by atoms with Crippen molar-refractivity contribution in [3.8, 4) is 0 Å². The van der Waals surface area contributed by atoms with E-state index in [9.17, 15) is 9.18 Å². The average molecular weight is 303 g/mol. The van der Waals surface area contributed by atoms with Crippen molar-refractivity contribution in [2.24, 2.45) is 0 Å². The number of amides is 1. The number of hydrogen-bond acceptors (Lipinski definition) is 2. The molecule has 1 aliphatic carbocycles. The van der Waals surface area contributed by atoms with Crippen LogP contribution in [0.15, 0.2) is 41.8 Å². The van der Waals surface area contributed by atoms with E-state index in [4.69, 9.17) is 0 Å². The van der Waals surface area contributed by atoms with Crippen molar-refractivity contribution in [1.82, 2.24) is 5.32 Å². The molecular weight excluding hydrogens is 285 g/mol. The molecule has 0 unspecified atom stereocenters. The topological polar surface area (TPSA) is 29.1 Å². The Morgan fingerprint density at radius 3 is 2.71 bits per heavy atom. The van der Waals surface area contributed by atoms with Gasteiger partial charge in [0.1, 0.15) is 5.82 Å². The van der Waals surface area contributed by atoms with Gasteiger partial charge in [-0.2, -0.15) is 0 Å². The summed E-state index contributed by atoms with van der Waals surface area (Å²) in [6, 6.07) is 10.5. The molecule has 21 heavy (non-hydrogen) atoms. The zero-order chi connectivity index (χ0) is 14.7. The molecule has 0 bridgehead atoms. The Morgan fingerprint density at radius 2 is 2.05 bits per heavy atom. The third kappa shape index (κ3) is 2.86. The van der Waals surface area contributed by atoms with Gasteiger partial charge < -0.3 is 5.32 Å². The van der Waals surface area contributed by atoms with Crippen LogP contribution in [0.4, 0.5) is 4.39 Å². The molecule has 0 atom stereocenters. The van der Waals surface area contributed by atoms with Crippen molar-refractivity contribution in [1.29, 1.82) is 0 Å². The van der Waals surface area contributed by atoms with Crippen LogP contribution in [0.5, 0.6) is 0 Å². The van der Waals surface area contributed by atoms with E-state index in [1.807, 2.05) is 23.6 Å². The van der Waals surface area contributed by atoms with Crippen LogP contribution >= 0.6 is 11.3 Å². The van der Waals surface area contributed by atoms with Gasteiger partial charge in [0.25, 0.3) is 0 Å². The summed E-state index contributed by atoms with van der Waals surface area (Å²) < 4.78 is 13.5. The van der Waals surface area contributed by atoms with Crippen LogP contribution in [0.1, 0.15) is 36.1 Å². The van der Waals surface area contributed by atoms with Crippen molar-refractivity contribution in [2.75, 3.05) is 0 Å². The third-order valence-electron chi connectivity index (χ3n) is 4.27. The zero-order valence-electron chi connectivity index (χ0n) is 11.8. The second-order valence-corrected chi connectivity index (χ2v) is 6.59. The van der Waals surface area contributed by atoms with Gasteiger partial charge in [0.05, 0.1) is 12.0 Å². The first-order valence-corrected chi connectivity index (χ1v) is 8.15. The molecule has 2 aromatic rings. The summed E-state index contributed by atoms with van der Waals surface area (Å²) >= 11 is 1.63. The smallest absolute Gasteiger partial charge is 0.230 e. The zero-order valence-corrected chi connectivity index (χ0v) is 12.6. The minimum absolute atomic E-state index is 0.0269. The molecule has 1 saturated carbocycles. The predicted octanol–water partition coefficient (Wildman–Crippen LogP) is 4.02. The van der Waals surface area contributed by atoms with Crippen LogP contribution in [-0.2, 0) is 16.8 Å². The molecule has 0 spiro atoms. The van der Waals surface area contributed by atoms with Crippen molar-refractivity contribution in [3.05, 3.63) is 58.0 Å². The summed E-state index contributed by atoms with van der Waals surface area (Å²) in [4.78, 5) is 13.9. The normalized spacial score (nSPS) is 16.8. The van der Waals surface area contributed by atoms with E-state index in [1.165, 1.54) is 12.1 Å². The highest BCUT2D eigenvalue weighted by molar-refractivity contribution is 7.09. The van der Waals surface area contributed by atoms with Crippen LogP contribution in [-0.4, -0.2) is 5.91 Å². The monoisotopic (exact) mass is 303 g/mol. The van der Waals surface area contributed by atoms with Gasteiger partial charge in [-0.05, 0) is 42.0 Å². The second kappa shape index (κ2) is 5.98. The fourth-order valence-electron chi connectivity index (χ4n) is 3.16. The molecule has 1 fully saturated rings. The number of hydrogen-bond donors (Lipinski definition) is 1. The standard InChI is InChI=1S/C17H18FNOS/c18-14-6-3-5-13(11-14)17(8-1-2-9-17)16(20)19-12-15-7-4-10-21-15/h3-7,10-11H,1-2,8-9,12H2,(H,19,20). The lowest BCUT2D eigenvalue weighted by molar-refractivity contribution is -0.126. The van der Waals surface area contributed by atoms with Gasteiger partial charge in [-0.3, -0.25) is 4.79 Å². The summed E-state index contributed by atoms with van der Waals surface area (Å²) in [6.07, 6.45) is 3.63. The third-order valence-corrected chi connectivity index (χ3v) is 5.15. The van der Waals surface area contributed by atoms with Crippen molar-refractivity contribution in [2.45, 2.75) is 37.6 Å².